The molecule has 0 radical (unpaired) electrons. The molecule has 0 saturated carbocycles. The van der Waals surface area contributed by atoms with Gasteiger partial charge in [-0.25, -0.2) is 13.6 Å². The molecule has 18 heavy (non-hydrogen) atoms. The van der Waals surface area contributed by atoms with Gasteiger partial charge in [0.25, 0.3) is 5.56 Å². The Balaban J connectivity index is 2.49. The second-order valence-electron chi connectivity index (χ2n) is 3.91. The monoisotopic (exact) mass is 252 g/mol. The van der Waals surface area contributed by atoms with Crippen LogP contribution in [0.4, 0.5) is 8.78 Å². The first-order chi connectivity index (χ1) is 8.47. The second kappa shape index (κ2) is 4.56. The van der Waals surface area contributed by atoms with Crippen LogP contribution < -0.4 is 11.2 Å². The molecule has 94 valence electrons. The predicted molar refractivity (Wildman–Crippen MR) is 61.4 cm³/mol. The van der Waals surface area contributed by atoms with E-state index in [-0.39, 0.29) is 12.1 Å². The molecule has 0 unspecified atom stereocenters. The average molecular weight is 252 g/mol. The third kappa shape index (κ3) is 2.37. The highest BCUT2D eigenvalue weighted by Gasteiger charge is 2.06. The lowest BCUT2D eigenvalue weighted by Crippen LogP contribution is -2.38. The van der Waals surface area contributed by atoms with Crippen molar-refractivity contribution >= 4 is 0 Å². The molecule has 0 spiro atoms. The van der Waals surface area contributed by atoms with Gasteiger partial charge < -0.3 is 4.57 Å². The number of aryl methyl sites for hydroxylation is 1. The summed E-state index contributed by atoms with van der Waals surface area (Å²) in [4.78, 5) is 23.2. The summed E-state index contributed by atoms with van der Waals surface area (Å²) in [6, 6.07) is 4.12. The minimum Gasteiger partial charge on any atom is -0.303 e. The molecular formula is C12H10F2N2O2. The largest absolute Gasteiger partial charge is 0.331 e. The summed E-state index contributed by atoms with van der Waals surface area (Å²) in [7, 11) is 1.49. The van der Waals surface area contributed by atoms with Crippen molar-refractivity contribution in [2.24, 2.45) is 7.05 Å². The summed E-state index contributed by atoms with van der Waals surface area (Å²) in [6.45, 7) is -0.166. The molecule has 0 aliphatic carbocycles. The summed E-state index contributed by atoms with van der Waals surface area (Å²) >= 11 is 0. The van der Waals surface area contributed by atoms with Gasteiger partial charge in [0.15, 0.2) is 0 Å². The lowest BCUT2D eigenvalue weighted by atomic mass is 10.2. The summed E-state index contributed by atoms with van der Waals surface area (Å²) in [5, 5.41) is 0. The van der Waals surface area contributed by atoms with Crippen molar-refractivity contribution in [1.82, 2.24) is 9.13 Å². The molecule has 0 aliphatic heterocycles. The van der Waals surface area contributed by atoms with Crippen LogP contribution in [-0.4, -0.2) is 9.13 Å². The number of hydrogen-bond donors (Lipinski definition) is 0. The lowest BCUT2D eigenvalue weighted by Gasteiger charge is -2.06. The van der Waals surface area contributed by atoms with Gasteiger partial charge in [-0.2, -0.15) is 0 Å². The van der Waals surface area contributed by atoms with Crippen molar-refractivity contribution in [2.45, 2.75) is 6.54 Å². The average Bonchev–Trinajstić information content (AvgIpc) is 2.28. The number of benzene rings is 1. The fourth-order valence-corrected chi connectivity index (χ4v) is 1.64. The number of rotatable bonds is 2. The molecule has 0 N–H and O–H groups in total. The number of halogens is 2. The molecule has 1 aromatic heterocycles. The van der Waals surface area contributed by atoms with Gasteiger partial charge in [-0.05, 0) is 17.7 Å². The van der Waals surface area contributed by atoms with Crippen LogP contribution in [0.2, 0.25) is 0 Å². The van der Waals surface area contributed by atoms with Crippen molar-refractivity contribution in [3.05, 3.63) is 68.5 Å². The summed E-state index contributed by atoms with van der Waals surface area (Å²) < 4.78 is 28.1. The first-order valence-corrected chi connectivity index (χ1v) is 5.19. The number of nitrogens with zero attached hydrogens (tertiary/aromatic N) is 2. The van der Waals surface area contributed by atoms with Crippen molar-refractivity contribution < 1.29 is 8.78 Å². The van der Waals surface area contributed by atoms with E-state index in [0.29, 0.717) is 0 Å². The normalized spacial score (nSPS) is 10.6. The van der Waals surface area contributed by atoms with Gasteiger partial charge >= 0.3 is 5.69 Å². The second-order valence-corrected chi connectivity index (χ2v) is 3.91. The Morgan fingerprint density at radius 2 is 1.72 bits per heavy atom. The van der Waals surface area contributed by atoms with Gasteiger partial charge in [0.1, 0.15) is 11.6 Å². The molecule has 0 amide bonds. The molecule has 2 rings (SSSR count). The van der Waals surface area contributed by atoms with Crippen LogP contribution in [0.25, 0.3) is 0 Å². The minimum absolute atomic E-state index is 0.166. The Labute approximate surface area is 101 Å². The van der Waals surface area contributed by atoms with Crippen molar-refractivity contribution in [2.75, 3.05) is 0 Å². The van der Waals surface area contributed by atoms with Gasteiger partial charge in [0.2, 0.25) is 0 Å². The highest BCUT2D eigenvalue weighted by Crippen LogP contribution is 2.08. The van der Waals surface area contributed by atoms with E-state index >= 15 is 0 Å². The fourth-order valence-electron chi connectivity index (χ4n) is 1.64. The van der Waals surface area contributed by atoms with Crippen molar-refractivity contribution in [3.8, 4) is 0 Å². The van der Waals surface area contributed by atoms with Gasteiger partial charge in [-0.3, -0.25) is 9.36 Å². The van der Waals surface area contributed by atoms with Crippen LogP contribution in [0.3, 0.4) is 0 Å². The molecule has 0 saturated heterocycles. The number of hydrogen-bond acceptors (Lipinski definition) is 2. The van der Waals surface area contributed by atoms with Crippen molar-refractivity contribution in [3.63, 3.8) is 0 Å². The highest BCUT2D eigenvalue weighted by molar-refractivity contribution is 5.18. The van der Waals surface area contributed by atoms with E-state index in [1.165, 1.54) is 23.9 Å². The summed E-state index contributed by atoms with van der Waals surface area (Å²) in [5.41, 5.74) is -0.826. The fraction of sp³-hybridized carbons (Fsp3) is 0.167. The standard InChI is InChI=1S/C12H10F2N2O2/c1-15-3-2-11(17)16(12(15)18)7-8-4-9(13)6-10(14)5-8/h2-6H,7H2,1H3. The minimum atomic E-state index is -0.745. The third-order valence-electron chi connectivity index (χ3n) is 2.50. The molecule has 0 atom stereocenters. The predicted octanol–water partition coefficient (Wildman–Crippen LogP) is 0.873. The van der Waals surface area contributed by atoms with E-state index in [1.807, 2.05) is 0 Å². The third-order valence-corrected chi connectivity index (χ3v) is 2.50. The van der Waals surface area contributed by atoms with Gasteiger partial charge in [0, 0.05) is 25.4 Å². The molecule has 1 aromatic carbocycles. The van der Waals surface area contributed by atoms with Crippen LogP contribution in [0, 0.1) is 11.6 Å². The molecule has 6 heteroatoms. The molecule has 0 fully saturated rings. The Hall–Kier alpha value is -2.24. The van der Waals surface area contributed by atoms with E-state index in [4.69, 9.17) is 0 Å². The maximum absolute atomic E-state index is 13.0. The SMILES string of the molecule is Cn1ccc(=O)n(Cc2cc(F)cc(F)c2)c1=O. The van der Waals surface area contributed by atoms with Gasteiger partial charge in [0.05, 0.1) is 6.54 Å². The molecule has 2 aromatic rings. The maximum atomic E-state index is 13.0. The van der Waals surface area contributed by atoms with Gasteiger partial charge in [-0.15, -0.1) is 0 Å². The Morgan fingerprint density at radius 1 is 1.11 bits per heavy atom. The van der Waals surface area contributed by atoms with E-state index in [1.54, 1.807) is 0 Å². The lowest BCUT2D eigenvalue weighted by molar-refractivity contribution is 0.572. The summed E-state index contributed by atoms with van der Waals surface area (Å²) in [5.74, 6) is -1.49. The van der Waals surface area contributed by atoms with Gasteiger partial charge in [-0.1, -0.05) is 0 Å². The smallest absolute Gasteiger partial charge is 0.303 e. The molecule has 4 nitrogen and oxygen atoms in total. The number of aromatic nitrogens is 2. The van der Waals surface area contributed by atoms with E-state index in [2.05, 4.69) is 0 Å². The Morgan fingerprint density at radius 3 is 2.33 bits per heavy atom. The van der Waals surface area contributed by atoms with Crippen LogP contribution >= 0.6 is 0 Å². The molecular weight excluding hydrogens is 242 g/mol. The van der Waals surface area contributed by atoms with E-state index < -0.39 is 22.9 Å². The van der Waals surface area contributed by atoms with E-state index in [0.717, 1.165) is 22.8 Å². The molecule has 0 aliphatic rings. The first-order valence-electron chi connectivity index (χ1n) is 5.19. The van der Waals surface area contributed by atoms with Crippen molar-refractivity contribution in [1.29, 1.82) is 0 Å². The zero-order valence-corrected chi connectivity index (χ0v) is 9.56. The van der Waals surface area contributed by atoms with Crippen LogP contribution in [0.15, 0.2) is 40.1 Å². The van der Waals surface area contributed by atoms with Crippen LogP contribution in [0.5, 0.6) is 0 Å². The first kappa shape index (κ1) is 12.2. The maximum Gasteiger partial charge on any atom is 0.331 e. The van der Waals surface area contributed by atoms with Crippen LogP contribution in [0.1, 0.15) is 5.56 Å². The Bertz CT molecular complexity index is 684. The topological polar surface area (TPSA) is 44.0 Å². The van der Waals surface area contributed by atoms with E-state index in [9.17, 15) is 18.4 Å². The van der Waals surface area contributed by atoms with Crippen LogP contribution in [-0.2, 0) is 13.6 Å². The Kier molecular flexibility index (Phi) is 3.10. The molecule has 1 heterocycles. The summed E-state index contributed by atoms with van der Waals surface area (Å²) in [6.07, 6.45) is 1.34. The highest BCUT2D eigenvalue weighted by atomic mass is 19.1. The molecule has 0 bridgehead atoms. The zero-order chi connectivity index (χ0) is 13.3. The zero-order valence-electron chi connectivity index (χ0n) is 9.56. The quantitative estimate of drug-likeness (QED) is 0.796.